The summed E-state index contributed by atoms with van der Waals surface area (Å²) in [4.78, 5) is 21.3. The number of carbonyl (C=O) groups is 1. The van der Waals surface area contributed by atoms with Crippen molar-refractivity contribution in [2.75, 3.05) is 17.6 Å². The van der Waals surface area contributed by atoms with Gasteiger partial charge in [0.15, 0.2) is 0 Å². The highest BCUT2D eigenvalue weighted by Gasteiger charge is 2.25. The number of nitrogens with two attached hydrogens (primary N) is 1. The van der Waals surface area contributed by atoms with Gasteiger partial charge in [0.25, 0.3) is 5.91 Å². The maximum absolute atomic E-state index is 14.2. The van der Waals surface area contributed by atoms with Crippen molar-refractivity contribution in [2.45, 2.75) is 40.7 Å². The molecule has 5 N–H and O–H groups in total. The molecule has 0 saturated carbocycles. The van der Waals surface area contributed by atoms with Crippen molar-refractivity contribution in [1.29, 1.82) is 5.41 Å². The zero-order valence-electron chi connectivity index (χ0n) is 19.8. The number of aryl methyl sites for hydroxylation is 1. The van der Waals surface area contributed by atoms with Gasteiger partial charge in [0, 0.05) is 23.9 Å². The average molecular weight is 467 g/mol. The van der Waals surface area contributed by atoms with E-state index in [1.165, 1.54) is 18.5 Å². The first kappa shape index (κ1) is 24.8. The van der Waals surface area contributed by atoms with Gasteiger partial charge in [-0.25, -0.2) is 18.7 Å². The second kappa shape index (κ2) is 9.94. The summed E-state index contributed by atoms with van der Waals surface area (Å²) in [5, 5.41) is 14.1. The van der Waals surface area contributed by atoms with E-state index in [0.29, 0.717) is 40.2 Å². The lowest BCUT2D eigenvalue weighted by atomic mass is 9.85. The van der Waals surface area contributed by atoms with Crippen LogP contribution >= 0.6 is 0 Å². The standard InChI is InChI=1S/C25H28F2N6O/c1-6-30-25(34)20-13(3)12(2)7-19(22(20)16-8-17(26)10-18(27)9-16)15(5)33-24-21(14(4)28)23(29)31-11-32-24/h7-11,15,28H,6H2,1-5H3,(H,30,34)(H3,29,31,32,33). The highest BCUT2D eigenvalue weighted by Crippen LogP contribution is 2.37. The van der Waals surface area contributed by atoms with Crippen LogP contribution in [0.25, 0.3) is 11.1 Å². The van der Waals surface area contributed by atoms with Crippen LogP contribution in [0.3, 0.4) is 0 Å². The van der Waals surface area contributed by atoms with E-state index in [9.17, 15) is 13.6 Å². The van der Waals surface area contributed by atoms with Crippen LogP contribution in [-0.2, 0) is 0 Å². The zero-order valence-corrected chi connectivity index (χ0v) is 19.8. The zero-order chi connectivity index (χ0) is 25.2. The fourth-order valence-corrected chi connectivity index (χ4v) is 3.99. The lowest BCUT2D eigenvalue weighted by molar-refractivity contribution is 0.0955. The topological polar surface area (TPSA) is 117 Å². The maximum atomic E-state index is 14.2. The molecule has 1 atom stereocenters. The summed E-state index contributed by atoms with van der Waals surface area (Å²) < 4.78 is 28.5. The van der Waals surface area contributed by atoms with Gasteiger partial charge in [-0.15, -0.1) is 0 Å². The number of amides is 1. The van der Waals surface area contributed by atoms with Crippen LogP contribution in [-0.4, -0.2) is 28.1 Å². The lowest BCUT2D eigenvalue weighted by Crippen LogP contribution is -2.26. The van der Waals surface area contributed by atoms with Crippen molar-refractivity contribution in [3.05, 3.63) is 70.0 Å². The number of benzene rings is 2. The van der Waals surface area contributed by atoms with Crippen LogP contribution in [0.15, 0.2) is 30.6 Å². The smallest absolute Gasteiger partial charge is 0.252 e. The van der Waals surface area contributed by atoms with Crippen LogP contribution < -0.4 is 16.4 Å². The van der Waals surface area contributed by atoms with Crippen molar-refractivity contribution in [3.63, 3.8) is 0 Å². The van der Waals surface area contributed by atoms with E-state index in [1.54, 1.807) is 13.8 Å². The number of hydrogen-bond donors (Lipinski definition) is 4. The van der Waals surface area contributed by atoms with E-state index in [1.807, 2.05) is 26.8 Å². The highest BCUT2D eigenvalue weighted by atomic mass is 19.1. The Hall–Kier alpha value is -3.88. The predicted molar refractivity (Wildman–Crippen MR) is 130 cm³/mol. The third-order valence-electron chi connectivity index (χ3n) is 5.66. The molecule has 1 heterocycles. The summed E-state index contributed by atoms with van der Waals surface area (Å²) in [6.07, 6.45) is 1.29. The molecule has 34 heavy (non-hydrogen) atoms. The van der Waals surface area contributed by atoms with Gasteiger partial charge >= 0.3 is 0 Å². The highest BCUT2D eigenvalue weighted by molar-refractivity contribution is 6.05. The van der Waals surface area contributed by atoms with Gasteiger partial charge in [-0.2, -0.15) is 0 Å². The Kier molecular flexibility index (Phi) is 7.24. The summed E-state index contributed by atoms with van der Waals surface area (Å²) >= 11 is 0. The van der Waals surface area contributed by atoms with Crippen molar-refractivity contribution < 1.29 is 13.6 Å². The number of hydrogen-bond acceptors (Lipinski definition) is 6. The molecular weight excluding hydrogens is 438 g/mol. The first-order chi connectivity index (χ1) is 16.0. The SMILES string of the molecule is CCNC(=O)c1c(C)c(C)cc(C(C)Nc2ncnc(N)c2C(C)=N)c1-c1cc(F)cc(F)c1. The monoisotopic (exact) mass is 466 g/mol. The Morgan fingerprint density at radius 3 is 2.35 bits per heavy atom. The molecule has 7 nitrogen and oxygen atoms in total. The first-order valence-electron chi connectivity index (χ1n) is 10.9. The molecule has 0 fully saturated rings. The third kappa shape index (κ3) is 4.88. The largest absolute Gasteiger partial charge is 0.383 e. The first-order valence-corrected chi connectivity index (χ1v) is 10.9. The van der Waals surface area contributed by atoms with E-state index in [4.69, 9.17) is 11.1 Å². The molecule has 9 heteroatoms. The van der Waals surface area contributed by atoms with Gasteiger partial charge < -0.3 is 21.8 Å². The van der Waals surface area contributed by atoms with Crippen LogP contribution in [0.5, 0.6) is 0 Å². The summed E-state index contributed by atoms with van der Waals surface area (Å²) in [6.45, 7) is 9.30. The number of nitrogens with zero attached hydrogens (tertiary/aromatic N) is 2. The molecule has 0 aliphatic carbocycles. The maximum Gasteiger partial charge on any atom is 0.252 e. The molecule has 0 aliphatic heterocycles. The summed E-state index contributed by atoms with van der Waals surface area (Å²) in [5.74, 6) is -1.31. The van der Waals surface area contributed by atoms with Crippen LogP contribution in [0.1, 0.15) is 59.4 Å². The molecule has 3 aromatic rings. The van der Waals surface area contributed by atoms with E-state index >= 15 is 0 Å². The molecule has 0 spiro atoms. The molecule has 1 aromatic heterocycles. The van der Waals surface area contributed by atoms with Crippen molar-refractivity contribution in [1.82, 2.24) is 15.3 Å². The van der Waals surface area contributed by atoms with Crippen LogP contribution in [0, 0.1) is 30.9 Å². The number of halogens is 2. The van der Waals surface area contributed by atoms with Gasteiger partial charge in [0.2, 0.25) is 0 Å². The molecule has 0 saturated heterocycles. The van der Waals surface area contributed by atoms with Gasteiger partial charge in [-0.1, -0.05) is 6.07 Å². The van der Waals surface area contributed by atoms with Crippen molar-refractivity contribution in [3.8, 4) is 11.1 Å². The Morgan fingerprint density at radius 2 is 1.76 bits per heavy atom. The number of rotatable bonds is 7. The Bertz CT molecular complexity index is 1250. The second-order valence-corrected chi connectivity index (χ2v) is 8.15. The van der Waals surface area contributed by atoms with Crippen molar-refractivity contribution in [2.24, 2.45) is 0 Å². The number of anilines is 2. The van der Waals surface area contributed by atoms with Crippen molar-refractivity contribution >= 4 is 23.3 Å². The minimum absolute atomic E-state index is 0.160. The summed E-state index contributed by atoms with van der Waals surface area (Å²) in [5.41, 5.74) is 9.72. The van der Waals surface area contributed by atoms with Gasteiger partial charge in [0.05, 0.1) is 17.2 Å². The Morgan fingerprint density at radius 1 is 1.12 bits per heavy atom. The van der Waals surface area contributed by atoms with Crippen LogP contribution in [0.4, 0.5) is 20.4 Å². The molecule has 3 rings (SSSR count). The quantitative estimate of drug-likeness (QED) is 0.368. The fourth-order valence-electron chi connectivity index (χ4n) is 3.99. The van der Waals surface area contributed by atoms with E-state index in [2.05, 4.69) is 20.6 Å². The van der Waals surface area contributed by atoms with Gasteiger partial charge in [0.1, 0.15) is 29.6 Å². The summed E-state index contributed by atoms with van der Waals surface area (Å²) in [7, 11) is 0. The van der Waals surface area contributed by atoms with Gasteiger partial charge in [-0.3, -0.25) is 4.79 Å². The third-order valence-corrected chi connectivity index (χ3v) is 5.66. The average Bonchev–Trinajstić information content (AvgIpc) is 2.74. The van der Waals surface area contributed by atoms with E-state index < -0.39 is 17.7 Å². The fraction of sp³-hybridized carbons (Fsp3) is 0.280. The molecule has 1 unspecified atom stereocenters. The Balaban J connectivity index is 2.28. The minimum Gasteiger partial charge on any atom is -0.383 e. The molecule has 2 aromatic carbocycles. The number of nitrogen functional groups attached to an aromatic ring is 1. The normalized spacial score (nSPS) is 11.7. The summed E-state index contributed by atoms with van der Waals surface area (Å²) in [6, 6.07) is 4.63. The Labute approximate surface area is 197 Å². The molecule has 0 aliphatic rings. The molecule has 0 bridgehead atoms. The van der Waals surface area contributed by atoms with Crippen LogP contribution in [0.2, 0.25) is 0 Å². The van der Waals surface area contributed by atoms with Gasteiger partial charge in [-0.05, 0) is 69.0 Å². The molecule has 1 amide bonds. The number of aromatic nitrogens is 2. The number of carbonyl (C=O) groups excluding carboxylic acids is 1. The molecule has 0 radical (unpaired) electrons. The van der Waals surface area contributed by atoms with E-state index in [0.717, 1.165) is 11.6 Å². The van der Waals surface area contributed by atoms with E-state index in [-0.39, 0.29) is 23.0 Å². The lowest BCUT2D eigenvalue weighted by Gasteiger charge is -2.25. The molecule has 178 valence electrons. The minimum atomic E-state index is -0.744. The second-order valence-electron chi connectivity index (χ2n) is 8.15. The molecular formula is C25H28F2N6O. The number of nitrogens with one attached hydrogen (secondary N) is 3. The predicted octanol–water partition coefficient (Wildman–Crippen LogP) is 4.93.